The van der Waals surface area contributed by atoms with E-state index < -0.39 is 0 Å². The Bertz CT molecular complexity index is 547. The third-order valence-electron chi connectivity index (χ3n) is 2.36. The van der Waals surface area contributed by atoms with Gasteiger partial charge in [0.1, 0.15) is 16.7 Å². The predicted octanol–water partition coefficient (Wildman–Crippen LogP) is 2.51. The minimum Gasteiger partial charge on any atom is -0.368 e. The summed E-state index contributed by atoms with van der Waals surface area (Å²) in [7, 11) is 0. The molecule has 94 valence electrons. The number of nitrogens with one attached hydrogen (secondary N) is 1. The van der Waals surface area contributed by atoms with Crippen molar-refractivity contribution in [2.75, 3.05) is 17.6 Å². The number of hydrogen-bond acceptors (Lipinski definition) is 4. The molecule has 0 aliphatic heterocycles. The molecule has 18 heavy (non-hydrogen) atoms. The maximum absolute atomic E-state index is 13.0. The summed E-state index contributed by atoms with van der Waals surface area (Å²) in [4.78, 5) is 7.73. The lowest BCUT2D eigenvalue weighted by atomic mass is 10.1. The van der Waals surface area contributed by atoms with Gasteiger partial charge in [0.15, 0.2) is 0 Å². The molecule has 0 atom stereocenters. The lowest BCUT2D eigenvalue weighted by Gasteiger charge is -2.07. The second-order valence-electron chi connectivity index (χ2n) is 3.73. The van der Waals surface area contributed by atoms with E-state index in [4.69, 9.17) is 17.3 Å². The zero-order valence-electron chi connectivity index (χ0n) is 9.53. The first-order chi connectivity index (χ1) is 8.65. The van der Waals surface area contributed by atoms with Crippen molar-refractivity contribution >= 4 is 23.4 Å². The topological polar surface area (TPSA) is 63.8 Å². The molecule has 0 radical (unpaired) electrons. The van der Waals surface area contributed by atoms with Crippen LogP contribution in [0.1, 0.15) is 5.56 Å². The largest absolute Gasteiger partial charge is 0.368 e. The van der Waals surface area contributed by atoms with Crippen LogP contribution < -0.4 is 11.1 Å². The van der Waals surface area contributed by atoms with Crippen LogP contribution in [0.4, 0.5) is 16.2 Å². The molecule has 1 heterocycles. The summed E-state index contributed by atoms with van der Waals surface area (Å²) >= 11 is 5.90. The number of nitrogens with two attached hydrogens (primary N) is 1. The molecule has 0 bridgehead atoms. The highest BCUT2D eigenvalue weighted by molar-refractivity contribution is 6.32. The van der Waals surface area contributed by atoms with Crippen LogP contribution in [0.5, 0.6) is 0 Å². The maximum atomic E-state index is 13.0. The van der Waals surface area contributed by atoms with Gasteiger partial charge in [-0.1, -0.05) is 23.7 Å². The van der Waals surface area contributed by atoms with Crippen LogP contribution in [-0.4, -0.2) is 16.5 Å². The van der Waals surface area contributed by atoms with Gasteiger partial charge in [-0.05, 0) is 24.1 Å². The number of rotatable bonds is 4. The summed E-state index contributed by atoms with van der Waals surface area (Å²) in [5.41, 5.74) is 6.36. The Balaban J connectivity index is 1.94. The smallest absolute Gasteiger partial charge is 0.222 e. The van der Waals surface area contributed by atoms with E-state index in [2.05, 4.69) is 15.3 Å². The average Bonchev–Trinajstić information content (AvgIpc) is 2.34. The number of hydrogen-bond donors (Lipinski definition) is 2. The van der Waals surface area contributed by atoms with E-state index in [1.54, 1.807) is 6.07 Å². The second kappa shape index (κ2) is 5.64. The van der Waals surface area contributed by atoms with Crippen LogP contribution in [-0.2, 0) is 6.42 Å². The van der Waals surface area contributed by atoms with Gasteiger partial charge in [0.2, 0.25) is 5.95 Å². The van der Waals surface area contributed by atoms with Crippen LogP contribution >= 0.6 is 11.6 Å². The van der Waals surface area contributed by atoms with Crippen molar-refractivity contribution in [2.45, 2.75) is 6.42 Å². The van der Waals surface area contributed by atoms with Gasteiger partial charge in [0.05, 0.1) is 6.20 Å². The SMILES string of the molecule is Nc1ncc(Cl)c(NCCc2cccc(F)c2)n1. The van der Waals surface area contributed by atoms with Gasteiger partial charge >= 0.3 is 0 Å². The molecule has 3 N–H and O–H groups in total. The van der Waals surface area contributed by atoms with E-state index in [9.17, 15) is 4.39 Å². The Morgan fingerprint density at radius 1 is 1.39 bits per heavy atom. The summed E-state index contributed by atoms with van der Waals surface area (Å²) in [5, 5.41) is 3.44. The van der Waals surface area contributed by atoms with Crippen LogP contribution in [0.3, 0.4) is 0 Å². The van der Waals surface area contributed by atoms with Crippen LogP contribution in [0.2, 0.25) is 5.02 Å². The Morgan fingerprint density at radius 3 is 3.00 bits per heavy atom. The number of nitrogens with zero attached hydrogens (tertiary/aromatic N) is 2. The molecule has 0 unspecified atom stereocenters. The first kappa shape index (κ1) is 12.6. The lowest BCUT2D eigenvalue weighted by Crippen LogP contribution is -2.08. The van der Waals surface area contributed by atoms with Gasteiger partial charge in [0, 0.05) is 6.54 Å². The van der Waals surface area contributed by atoms with Gasteiger partial charge in [-0.25, -0.2) is 9.37 Å². The molecule has 0 spiro atoms. The highest BCUT2D eigenvalue weighted by atomic mass is 35.5. The molecule has 0 saturated carbocycles. The van der Waals surface area contributed by atoms with E-state index in [0.29, 0.717) is 23.8 Å². The second-order valence-corrected chi connectivity index (χ2v) is 4.14. The molecule has 2 aromatic rings. The molecule has 0 saturated heterocycles. The molecule has 6 heteroatoms. The summed E-state index contributed by atoms with van der Waals surface area (Å²) in [6, 6.07) is 6.46. The number of nitrogen functional groups attached to an aromatic ring is 1. The molecule has 4 nitrogen and oxygen atoms in total. The van der Waals surface area contributed by atoms with E-state index in [1.165, 1.54) is 18.3 Å². The fraction of sp³-hybridized carbons (Fsp3) is 0.167. The summed E-state index contributed by atoms with van der Waals surface area (Å²) < 4.78 is 13.0. The molecule has 2 rings (SSSR count). The van der Waals surface area contributed by atoms with Gasteiger partial charge in [-0.2, -0.15) is 4.98 Å². The molecule has 0 aliphatic carbocycles. The van der Waals surface area contributed by atoms with Crippen LogP contribution in [0.15, 0.2) is 30.5 Å². The van der Waals surface area contributed by atoms with Crippen molar-refractivity contribution in [3.05, 3.63) is 46.9 Å². The van der Waals surface area contributed by atoms with Gasteiger partial charge in [-0.15, -0.1) is 0 Å². The van der Waals surface area contributed by atoms with Gasteiger partial charge in [-0.3, -0.25) is 0 Å². The zero-order valence-corrected chi connectivity index (χ0v) is 10.3. The minimum absolute atomic E-state index is 0.160. The monoisotopic (exact) mass is 266 g/mol. The van der Waals surface area contributed by atoms with Crippen molar-refractivity contribution in [2.24, 2.45) is 0 Å². The molecular weight excluding hydrogens is 255 g/mol. The fourth-order valence-corrected chi connectivity index (χ4v) is 1.68. The van der Waals surface area contributed by atoms with Crippen LogP contribution in [0.25, 0.3) is 0 Å². The highest BCUT2D eigenvalue weighted by Gasteiger charge is 2.03. The van der Waals surface area contributed by atoms with E-state index in [1.807, 2.05) is 6.07 Å². The van der Waals surface area contributed by atoms with E-state index in [0.717, 1.165) is 5.56 Å². The fourth-order valence-electron chi connectivity index (χ4n) is 1.52. The normalized spacial score (nSPS) is 10.3. The molecular formula is C12H12ClFN4. The molecule has 0 fully saturated rings. The van der Waals surface area contributed by atoms with E-state index in [-0.39, 0.29) is 11.8 Å². The number of anilines is 2. The predicted molar refractivity (Wildman–Crippen MR) is 70.0 cm³/mol. The maximum Gasteiger partial charge on any atom is 0.222 e. The number of aromatic nitrogens is 2. The molecule has 0 aliphatic rings. The molecule has 1 aromatic carbocycles. The van der Waals surface area contributed by atoms with Crippen molar-refractivity contribution in [1.29, 1.82) is 0 Å². The summed E-state index contributed by atoms with van der Waals surface area (Å²) in [5.74, 6) is 0.407. The average molecular weight is 267 g/mol. The molecule has 1 aromatic heterocycles. The Kier molecular flexibility index (Phi) is 3.94. The first-order valence-electron chi connectivity index (χ1n) is 5.41. The third-order valence-corrected chi connectivity index (χ3v) is 2.63. The third kappa shape index (κ3) is 3.30. The quantitative estimate of drug-likeness (QED) is 0.892. The number of benzene rings is 1. The standard InChI is InChI=1S/C12H12ClFN4/c13-10-7-17-12(15)18-11(10)16-5-4-8-2-1-3-9(14)6-8/h1-3,6-7H,4-5H2,(H3,15,16,17,18). The number of halogens is 2. The van der Waals surface area contributed by atoms with Crippen LogP contribution in [0, 0.1) is 5.82 Å². The van der Waals surface area contributed by atoms with E-state index >= 15 is 0 Å². The van der Waals surface area contributed by atoms with Crippen molar-refractivity contribution < 1.29 is 4.39 Å². The van der Waals surface area contributed by atoms with Crippen molar-refractivity contribution in [3.63, 3.8) is 0 Å². The minimum atomic E-state index is -0.239. The van der Waals surface area contributed by atoms with Crippen molar-refractivity contribution in [1.82, 2.24) is 9.97 Å². The Morgan fingerprint density at radius 2 is 2.22 bits per heavy atom. The van der Waals surface area contributed by atoms with Gasteiger partial charge < -0.3 is 11.1 Å². The van der Waals surface area contributed by atoms with Gasteiger partial charge in [0.25, 0.3) is 0 Å². The molecule has 0 amide bonds. The summed E-state index contributed by atoms with van der Waals surface area (Å²) in [6.07, 6.45) is 2.10. The zero-order chi connectivity index (χ0) is 13.0. The Labute approximate surface area is 109 Å². The summed E-state index contributed by atoms with van der Waals surface area (Å²) in [6.45, 7) is 0.583. The van der Waals surface area contributed by atoms with Crippen molar-refractivity contribution in [3.8, 4) is 0 Å². The lowest BCUT2D eigenvalue weighted by molar-refractivity contribution is 0.625. The highest BCUT2D eigenvalue weighted by Crippen LogP contribution is 2.18. The Hall–Kier alpha value is -1.88. The first-order valence-corrected chi connectivity index (χ1v) is 5.79.